The number of benzene rings is 1. The van der Waals surface area contributed by atoms with Crippen molar-refractivity contribution >= 4 is 17.6 Å². The van der Waals surface area contributed by atoms with Gasteiger partial charge in [0.1, 0.15) is 0 Å². The van der Waals surface area contributed by atoms with Gasteiger partial charge >= 0.3 is 5.97 Å². The van der Waals surface area contributed by atoms with E-state index in [4.69, 9.17) is 5.11 Å². The minimum absolute atomic E-state index is 0.0113. The second-order valence-electron chi connectivity index (χ2n) is 5.57. The predicted octanol–water partition coefficient (Wildman–Crippen LogP) is 2.53. The molecule has 8 heteroatoms. The van der Waals surface area contributed by atoms with Crippen molar-refractivity contribution < 1.29 is 18.7 Å². The van der Waals surface area contributed by atoms with Crippen molar-refractivity contribution in [2.75, 3.05) is 23.3 Å². The number of carboxylic acid groups (broad SMARTS) is 1. The molecule has 1 fully saturated rings. The fourth-order valence-corrected chi connectivity index (χ4v) is 2.82. The molecule has 2 heterocycles. The van der Waals surface area contributed by atoms with E-state index in [9.17, 15) is 13.6 Å². The number of hydrogen-bond acceptors (Lipinski definition) is 5. The van der Waals surface area contributed by atoms with Crippen LogP contribution < -0.4 is 10.2 Å². The number of carbonyl (C=O) groups is 1. The van der Waals surface area contributed by atoms with Crippen LogP contribution in [0.2, 0.25) is 0 Å². The van der Waals surface area contributed by atoms with Crippen molar-refractivity contribution in [3.05, 3.63) is 47.8 Å². The molecule has 1 aromatic heterocycles. The Morgan fingerprint density at radius 1 is 1.25 bits per heavy atom. The Kier molecular flexibility index (Phi) is 4.54. The summed E-state index contributed by atoms with van der Waals surface area (Å²) >= 11 is 0. The molecular formula is C16H16F2N4O2. The smallest absolute Gasteiger partial charge is 0.338 e. The molecular weight excluding hydrogens is 318 g/mol. The summed E-state index contributed by atoms with van der Waals surface area (Å²) < 4.78 is 28.1. The number of halogens is 2. The molecule has 2 N–H and O–H groups in total. The fourth-order valence-electron chi connectivity index (χ4n) is 2.82. The van der Waals surface area contributed by atoms with Gasteiger partial charge in [0.2, 0.25) is 5.95 Å². The molecule has 2 aromatic rings. The molecule has 3 rings (SSSR count). The van der Waals surface area contributed by atoms with Gasteiger partial charge in [0.15, 0.2) is 11.6 Å². The third-order valence-corrected chi connectivity index (χ3v) is 3.95. The van der Waals surface area contributed by atoms with E-state index < -0.39 is 23.2 Å². The van der Waals surface area contributed by atoms with E-state index in [1.54, 1.807) is 23.4 Å². The molecule has 0 aliphatic carbocycles. The summed E-state index contributed by atoms with van der Waals surface area (Å²) in [5.41, 5.74) is -0.599. The van der Waals surface area contributed by atoms with E-state index in [-0.39, 0.29) is 11.7 Å². The zero-order valence-corrected chi connectivity index (χ0v) is 12.7. The van der Waals surface area contributed by atoms with Crippen LogP contribution in [0.1, 0.15) is 23.2 Å². The zero-order chi connectivity index (χ0) is 17.1. The Morgan fingerprint density at radius 2 is 2.00 bits per heavy atom. The van der Waals surface area contributed by atoms with E-state index >= 15 is 0 Å². The van der Waals surface area contributed by atoms with Crippen LogP contribution in [-0.4, -0.2) is 40.2 Å². The minimum atomic E-state index is -1.49. The van der Waals surface area contributed by atoms with Crippen LogP contribution in [-0.2, 0) is 0 Å². The molecule has 6 nitrogen and oxygen atoms in total. The van der Waals surface area contributed by atoms with Crippen molar-refractivity contribution in [1.82, 2.24) is 9.97 Å². The van der Waals surface area contributed by atoms with Gasteiger partial charge in [0.25, 0.3) is 0 Å². The maximum Gasteiger partial charge on any atom is 0.338 e. The Balaban J connectivity index is 1.77. The van der Waals surface area contributed by atoms with Crippen LogP contribution in [0, 0.1) is 11.6 Å². The highest BCUT2D eigenvalue weighted by Crippen LogP contribution is 2.27. The molecule has 1 aromatic carbocycles. The van der Waals surface area contributed by atoms with Gasteiger partial charge in [-0.25, -0.2) is 23.5 Å². The van der Waals surface area contributed by atoms with E-state index in [1.807, 2.05) is 0 Å². The summed E-state index contributed by atoms with van der Waals surface area (Å²) in [6.45, 7) is 1.01. The van der Waals surface area contributed by atoms with Crippen LogP contribution in [0.25, 0.3) is 0 Å². The standard InChI is InChI=1S/C16H16F2N4O2/c17-13-11(15(23)24)4-5-12(14(13)18)22-8-1-3-10(9-22)21-16-19-6-2-7-20-16/h2,4-7,10H,1,3,8-9H2,(H,23,24)(H,19,20,21)/t10-/m0/s1. The molecule has 1 atom stereocenters. The van der Waals surface area contributed by atoms with Gasteiger partial charge in [-0.1, -0.05) is 0 Å². The van der Waals surface area contributed by atoms with Gasteiger partial charge in [-0.2, -0.15) is 0 Å². The third-order valence-electron chi connectivity index (χ3n) is 3.95. The highest BCUT2D eigenvalue weighted by atomic mass is 19.2. The maximum atomic E-state index is 14.2. The van der Waals surface area contributed by atoms with Gasteiger partial charge < -0.3 is 15.3 Å². The molecule has 0 bridgehead atoms. The topological polar surface area (TPSA) is 78.4 Å². The Labute approximate surface area is 137 Å². The molecule has 24 heavy (non-hydrogen) atoms. The van der Waals surface area contributed by atoms with Crippen LogP contribution >= 0.6 is 0 Å². The summed E-state index contributed by atoms with van der Waals surface area (Å²) in [6, 6.07) is 4.10. The molecule has 0 unspecified atom stereocenters. The van der Waals surface area contributed by atoms with Crippen molar-refractivity contribution in [2.24, 2.45) is 0 Å². The average molecular weight is 334 g/mol. The molecule has 0 amide bonds. The molecule has 0 spiro atoms. The lowest BCUT2D eigenvalue weighted by Crippen LogP contribution is -2.43. The number of piperidine rings is 1. The quantitative estimate of drug-likeness (QED) is 0.895. The number of nitrogens with zero attached hydrogens (tertiary/aromatic N) is 3. The van der Waals surface area contributed by atoms with Crippen molar-refractivity contribution in [3.8, 4) is 0 Å². The Hall–Kier alpha value is -2.77. The largest absolute Gasteiger partial charge is 0.478 e. The van der Waals surface area contributed by atoms with E-state index in [1.165, 1.54) is 6.07 Å². The van der Waals surface area contributed by atoms with Gasteiger partial charge in [0.05, 0.1) is 11.3 Å². The number of anilines is 2. The first kappa shape index (κ1) is 16.1. The van der Waals surface area contributed by atoms with Crippen molar-refractivity contribution in [3.63, 3.8) is 0 Å². The molecule has 1 aliphatic rings. The van der Waals surface area contributed by atoms with Crippen LogP contribution in [0.4, 0.5) is 20.4 Å². The van der Waals surface area contributed by atoms with Crippen molar-refractivity contribution in [1.29, 1.82) is 0 Å². The average Bonchev–Trinajstić information content (AvgIpc) is 2.58. The summed E-state index contributed by atoms with van der Waals surface area (Å²) in [5, 5.41) is 12.0. The third kappa shape index (κ3) is 3.27. The lowest BCUT2D eigenvalue weighted by molar-refractivity contribution is 0.0690. The highest BCUT2D eigenvalue weighted by molar-refractivity contribution is 5.88. The van der Waals surface area contributed by atoms with Gasteiger partial charge in [-0.3, -0.25) is 0 Å². The van der Waals surface area contributed by atoms with Crippen LogP contribution in [0.5, 0.6) is 0 Å². The molecule has 0 saturated carbocycles. The summed E-state index contributed by atoms with van der Waals surface area (Å²) in [4.78, 5) is 20.8. The number of carboxylic acids is 1. The zero-order valence-electron chi connectivity index (χ0n) is 12.7. The molecule has 1 saturated heterocycles. The van der Waals surface area contributed by atoms with Crippen LogP contribution in [0.15, 0.2) is 30.6 Å². The minimum Gasteiger partial charge on any atom is -0.478 e. The Morgan fingerprint density at radius 3 is 2.71 bits per heavy atom. The summed E-state index contributed by atoms with van der Waals surface area (Å²) in [6.07, 6.45) is 4.88. The molecule has 0 radical (unpaired) electrons. The number of rotatable bonds is 4. The lowest BCUT2D eigenvalue weighted by Gasteiger charge is -2.35. The lowest BCUT2D eigenvalue weighted by atomic mass is 10.0. The number of aromatic nitrogens is 2. The predicted molar refractivity (Wildman–Crippen MR) is 84.2 cm³/mol. The van der Waals surface area contributed by atoms with Gasteiger partial charge in [-0.15, -0.1) is 0 Å². The monoisotopic (exact) mass is 334 g/mol. The first-order valence-electron chi connectivity index (χ1n) is 7.56. The molecule has 1 aliphatic heterocycles. The van der Waals surface area contributed by atoms with E-state index in [0.29, 0.717) is 19.0 Å². The Bertz CT molecular complexity index is 742. The van der Waals surface area contributed by atoms with E-state index in [2.05, 4.69) is 15.3 Å². The first-order chi connectivity index (χ1) is 11.6. The maximum absolute atomic E-state index is 14.2. The fraction of sp³-hybridized carbons (Fsp3) is 0.312. The SMILES string of the molecule is O=C(O)c1ccc(N2CCC[C@H](Nc3ncccn3)C2)c(F)c1F. The first-order valence-corrected chi connectivity index (χ1v) is 7.56. The van der Waals surface area contributed by atoms with Crippen molar-refractivity contribution in [2.45, 2.75) is 18.9 Å². The number of hydrogen-bond donors (Lipinski definition) is 2. The van der Waals surface area contributed by atoms with E-state index in [0.717, 1.165) is 18.9 Å². The van der Waals surface area contributed by atoms with Gasteiger partial charge in [0, 0.05) is 31.5 Å². The second-order valence-corrected chi connectivity index (χ2v) is 5.57. The normalized spacial score (nSPS) is 17.6. The van der Waals surface area contributed by atoms with Crippen LogP contribution in [0.3, 0.4) is 0 Å². The summed E-state index contributed by atoms with van der Waals surface area (Å²) in [7, 11) is 0. The highest BCUT2D eigenvalue weighted by Gasteiger charge is 2.26. The molecule has 126 valence electrons. The van der Waals surface area contributed by atoms with Gasteiger partial charge in [-0.05, 0) is 31.0 Å². The second kappa shape index (κ2) is 6.77. The number of nitrogens with one attached hydrogen (secondary N) is 1. The number of aromatic carboxylic acids is 1. The summed E-state index contributed by atoms with van der Waals surface area (Å²) in [5.74, 6) is -3.47.